The Hall–Kier alpha value is -1.39. The molecule has 0 aromatic heterocycles. The number of carbonyl (C=O) groups excluding carboxylic acids is 1. The first-order valence-corrected chi connectivity index (χ1v) is 14.5. The third-order valence-corrected chi connectivity index (χ3v) is 11.6. The largest absolute Gasteiger partial charge is 0.508 e. The van der Waals surface area contributed by atoms with E-state index < -0.39 is 5.60 Å². The van der Waals surface area contributed by atoms with Gasteiger partial charge in [0, 0.05) is 32.0 Å². The molecule has 5 aliphatic rings. The highest BCUT2D eigenvalue weighted by Gasteiger charge is 2.58. The molecular weight excluding hydrogens is 434 g/mol. The minimum atomic E-state index is -0.446. The van der Waals surface area contributed by atoms with E-state index >= 15 is 0 Å². The quantitative estimate of drug-likeness (QED) is 0.579. The molecule has 4 fully saturated rings. The molecule has 1 aromatic rings. The summed E-state index contributed by atoms with van der Waals surface area (Å²) in [4.78, 5) is 16.0. The molecule has 0 unspecified atom stereocenters. The van der Waals surface area contributed by atoms with E-state index in [4.69, 9.17) is 0 Å². The number of aliphatic hydroxyl groups is 1. The van der Waals surface area contributed by atoms with Crippen LogP contribution >= 0.6 is 0 Å². The Labute approximate surface area is 211 Å². The fraction of sp³-hybridized carbons (Fsp3) is 0.774. The van der Waals surface area contributed by atoms with Crippen LogP contribution in [0.15, 0.2) is 18.2 Å². The number of nitrogens with zero attached hydrogens (tertiary/aromatic N) is 1. The third kappa shape index (κ3) is 4.17. The Bertz CT molecular complexity index is 972. The highest BCUT2D eigenvalue weighted by Crippen LogP contribution is 2.64. The molecule has 8 atom stereocenters. The third-order valence-electron chi connectivity index (χ3n) is 11.6. The first-order chi connectivity index (χ1) is 16.7. The predicted octanol–water partition coefficient (Wildman–Crippen LogP) is 5.73. The van der Waals surface area contributed by atoms with Crippen molar-refractivity contribution in [1.29, 1.82) is 0 Å². The number of carbonyl (C=O) groups is 1. The predicted molar refractivity (Wildman–Crippen MR) is 138 cm³/mol. The van der Waals surface area contributed by atoms with E-state index in [0.717, 1.165) is 80.5 Å². The van der Waals surface area contributed by atoms with Gasteiger partial charge in [0.25, 0.3) is 0 Å². The summed E-state index contributed by atoms with van der Waals surface area (Å²) in [5, 5.41) is 20.8. The lowest BCUT2D eigenvalue weighted by atomic mass is 9.49. The second-order valence-electron chi connectivity index (χ2n) is 13.5. The van der Waals surface area contributed by atoms with Crippen molar-refractivity contribution in [2.24, 2.45) is 40.9 Å². The second kappa shape index (κ2) is 8.87. The smallest absolute Gasteiger partial charge is 0.137 e. The van der Waals surface area contributed by atoms with Crippen LogP contribution in [-0.2, 0) is 17.8 Å². The monoisotopic (exact) mass is 479 g/mol. The molecule has 1 aromatic carbocycles. The van der Waals surface area contributed by atoms with E-state index in [9.17, 15) is 15.0 Å². The van der Waals surface area contributed by atoms with E-state index in [2.05, 4.69) is 17.9 Å². The van der Waals surface area contributed by atoms with Gasteiger partial charge in [-0.3, -0.25) is 9.69 Å². The van der Waals surface area contributed by atoms with Crippen molar-refractivity contribution < 1.29 is 15.0 Å². The van der Waals surface area contributed by atoms with Crippen molar-refractivity contribution in [3.05, 3.63) is 29.3 Å². The van der Waals surface area contributed by atoms with Gasteiger partial charge < -0.3 is 10.2 Å². The number of phenolic OH excluding ortho intramolecular Hbond substituents is 1. The molecule has 192 valence electrons. The van der Waals surface area contributed by atoms with Crippen molar-refractivity contribution in [3.63, 3.8) is 0 Å². The number of rotatable bonds is 4. The normalized spacial score (nSPS) is 43.1. The SMILES string of the molecule is C[C@@]1(O)CC[C@H]2[C@H](CC[C@@H]3[C@@H]2CC[C@]2(C)[C@@H](C(=O)CCN4CCc5c(O)cccc5C4)CC[C@@H]32)C1. The molecule has 0 radical (unpaired) electrons. The van der Waals surface area contributed by atoms with E-state index in [0.29, 0.717) is 18.0 Å². The van der Waals surface area contributed by atoms with Crippen LogP contribution in [0.1, 0.15) is 89.2 Å². The molecule has 4 nitrogen and oxygen atoms in total. The van der Waals surface area contributed by atoms with Crippen molar-refractivity contribution >= 4 is 5.78 Å². The summed E-state index contributed by atoms with van der Waals surface area (Å²) in [6, 6.07) is 5.84. The number of fused-ring (bicyclic) bond motifs is 6. The molecule has 1 aliphatic heterocycles. The van der Waals surface area contributed by atoms with Gasteiger partial charge in [-0.25, -0.2) is 0 Å². The second-order valence-corrected chi connectivity index (χ2v) is 13.5. The lowest BCUT2D eigenvalue weighted by Crippen LogP contribution is -2.51. The highest BCUT2D eigenvalue weighted by molar-refractivity contribution is 5.82. The van der Waals surface area contributed by atoms with Gasteiger partial charge in [0.2, 0.25) is 0 Å². The van der Waals surface area contributed by atoms with Crippen molar-refractivity contribution in [2.45, 2.75) is 96.6 Å². The maximum Gasteiger partial charge on any atom is 0.137 e. The molecule has 0 spiro atoms. The van der Waals surface area contributed by atoms with Crippen LogP contribution in [-0.4, -0.2) is 39.6 Å². The summed E-state index contributed by atoms with van der Waals surface area (Å²) in [6.45, 7) is 7.15. The number of ketones is 1. The van der Waals surface area contributed by atoms with E-state index in [-0.39, 0.29) is 11.3 Å². The first-order valence-electron chi connectivity index (χ1n) is 14.5. The fourth-order valence-electron chi connectivity index (χ4n) is 9.89. The summed E-state index contributed by atoms with van der Waals surface area (Å²) >= 11 is 0. The standard InChI is InChI=1S/C31H45NO3/c1-30(35)14-10-22-20(18-30)6-7-25-24(22)11-15-31(2)26(25)8-9-27(31)29(34)13-17-32-16-12-23-21(19-32)4-3-5-28(23)33/h3-5,20,22,24-27,33,35H,6-19H2,1-2H3/t20-,22+,24-,25-,26+,27-,30-,31+/m1/s1. The molecule has 6 rings (SSSR count). The molecule has 0 amide bonds. The van der Waals surface area contributed by atoms with Crippen molar-refractivity contribution in [2.75, 3.05) is 13.1 Å². The van der Waals surface area contributed by atoms with Gasteiger partial charge in [0.05, 0.1) is 5.60 Å². The Morgan fingerprint density at radius 3 is 2.71 bits per heavy atom. The number of hydrogen-bond donors (Lipinski definition) is 2. The Kier molecular flexibility index (Phi) is 6.08. The summed E-state index contributed by atoms with van der Waals surface area (Å²) in [5.41, 5.74) is 2.06. The number of benzene rings is 1. The lowest BCUT2D eigenvalue weighted by Gasteiger charge is -2.56. The van der Waals surface area contributed by atoms with Gasteiger partial charge >= 0.3 is 0 Å². The lowest BCUT2D eigenvalue weighted by molar-refractivity contribution is -0.132. The molecule has 2 N–H and O–H groups in total. The topological polar surface area (TPSA) is 60.8 Å². The summed E-state index contributed by atoms with van der Waals surface area (Å²) in [5.74, 6) is 5.09. The minimum Gasteiger partial charge on any atom is -0.508 e. The minimum absolute atomic E-state index is 0.200. The maximum atomic E-state index is 13.6. The van der Waals surface area contributed by atoms with Crippen LogP contribution in [0.25, 0.3) is 0 Å². The van der Waals surface area contributed by atoms with Gasteiger partial charge in [0.1, 0.15) is 11.5 Å². The van der Waals surface area contributed by atoms with Crippen LogP contribution in [0.5, 0.6) is 5.75 Å². The van der Waals surface area contributed by atoms with Gasteiger partial charge in [-0.1, -0.05) is 19.1 Å². The molecular formula is C31H45NO3. The zero-order valence-electron chi connectivity index (χ0n) is 21.8. The zero-order valence-corrected chi connectivity index (χ0v) is 21.8. The molecule has 4 heteroatoms. The van der Waals surface area contributed by atoms with Gasteiger partial charge in [0.15, 0.2) is 0 Å². The van der Waals surface area contributed by atoms with E-state index in [1.807, 2.05) is 13.0 Å². The van der Waals surface area contributed by atoms with Crippen LogP contribution < -0.4 is 0 Å². The summed E-state index contributed by atoms with van der Waals surface area (Å²) < 4.78 is 0. The fourth-order valence-corrected chi connectivity index (χ4v) is 9.89. The molecule has 0 bridgehead atoms. The van der Waals surface area contributed by atoms with Gasteiger partial charge in [-0.15, -0.1) is 0 Å². The summed E-state index contributed by atoms with van der Waals surface area (Å²) in [7, 11) is 0. The summed E-state index contributed by atoms with van der Waals surface area (Å²) in [6.07, 6.45) is 12.2. The Morgan fingerprint density at radius 2 is 1.86 bits per heavy atom. The first kappa shape index (κ1) is 24.0. The van der Waals surface area contributed by atoms with Crippen molar-refractivity contribution in [1.82, 2.24) is 4.90 Å². The number of Topliss-reactive ketones (excluding diaryl/α,β-unsaturated/α-hetero) is 1. The number of aromatic hydroxyl groups is 1. The van der Waals surface area contributed by atoms with Crippen LogP contribution in [0.4, 0.5) is 0 Å². The van der Waals surface area contributed by atoms with Gasteiger partial charge in [-0.05, 0) is 123 Å². The average molecular weight is 480 g/mol. The Morgan fingerprint density at radius 1 is 1.03 bits per heavy atom. The van der Waals surface area contributed by atoms with Crippen LogP contribution in [0.2, 0.25) is 0 Å². The Balaban J connectivity index is 1.08. The molecule has 35 heavy (non-hydrogen) atoms. The van der Waals surface area contributed by atoms with Crippen molar-refractivity contribution in [3.8, 4) is 5.75 Å². The van der Waals surface area contributed by atoms with Gasteiger partial charge in [-0.2, -0.15) is 0 Å². The highest BCUT2D eigenvalue weighted by atomic mass is 16.3. The number of hydrogen-bond acceptors (Lipinski definition) is 4. The number of phenols is 1. The average Bonchev–Trinajstić information content (AvgIpc) is 3.19. The van der Waals surface area contributed by atoms with E-state index in [1.54, 1.807) is 6.07 Å². The zero-order chi connectivity index (χ0) is 24.4. The van der Waals surface area contributed by atoms with Crippen LogP contribution in [0, 0.1) is 40.9 Å². The molecule has 0 saturated heterocycles. The molecule has 4 aliphatic carbocycles. The van der Waals surface area contributed by atoms with E-state index in [1.165, 1.54) is 44.1 Å². The molecule has 4 saturated carbocycles. The maximum absolute atomic E-state index is 13.6. The van der Waals surface area contributed by atoms with Crippen LogP contribution in [0.3, 0.4) is 0 Å². The molecule has 1 heterocycles.